The van der Waals surface area contributed by atoms with Crippen LogP contribution in [0.15, 0.2) is 52.9 Å². The van der Waals surface area contributed by atoms with E-state index < -0.39 is 10.0 Å². The van der Waals surface area contributed by atoms with Gasteiger partial charge in [-0.05, 0) is 35.0 Å². The molecule has 0 aromatic heterocycles. The first kappa shape index (κ1) is 16.9. The SMILES string of the molecule is C=CCN(CC=C)S(=O)(=O)c1ccc(Br)c(OCC)c1. The molecule has 20 heavy (non-hydrogen) atoms. The number of hydrogen-bond donors (Lipinski definition) is 0. The van der Waals surface area contributed by atoms with Crippen LogP contribution in [0.25, 0.3) is 0 Å². The van der Waals surface area contributed by atoms with Gasteiger partial charge in [0.05, 0.1) is 16.0 Å². The molecular formula is C14H18BrNO3S. The van der Waals surface area contributed by atoms with E-state index in [9.17, 15) is 8.42 Å². The normalized spacial score (nSPS) is 11.3. The third kappa shape index (κ3) is 3.94. The fraction of sp³-hybridized carbons (Fsp3) is 0.286. The van der Waals surface area contributed by atoms with Crippen molar-refractivity contribution in [3.8, 4) is 5.75 Å². The molecule has 0 atom stereocenters. The number of sulfonamides is 1. The minimum Gasteiger partial charge on any atom is -0.493 e. The lowest BCUT2D eigenvalue weighted by Gasteiger charge is -2.19. The molecule has 110 valence electrons. The lowest BCUT2D eigenvalue weighted by molar-refractivity contribution is 0.337. The van der Waals surface area contributed by atoms with E-state index in [0.717, 1.165) is 4.47 Å². The van der Waals surface area contributed by atoms with Crippen molar-refractivity contribution in [2.45, 2.75) is 11.8 Å². The standard InChI is InChI=1S/C14H18BrNO3S/c1-4-9-16(10-5-2)20(17,18)12-7-8-13(15)14(11-12)19-6-3/h4-5,7-8,11H,1-2,6,9-10H2,3H3. The van der Waals surface area contributed by atoms with E-state index in [1.807, 2.05) is 6.92 Å². The molecule has 1 aromatic rings. The topological polar surface area (TPSA) is 46.6 Å². The number of halogens is 1. The minimum atomic E-state index is -3.59. The summed E-state index contributed by atoms with van der Waals surface area (Å²) in [5.74, 6) is 0.505. The van der Waals surface area contributed by atoms with Gasteiger partial charge in [0.1, 0.15) is 5.75 Å². The maximum absolute atomic E-state index is 12.5. The highest BCUT2D eigenvalue weighted by molar-refractivity contribution is 9.10. The third-order valence-electron chi connectivity index (χ3n) is 2.51. The lowest BCUT2D eigenvalue weighted by Crippen LogP contribution is -2.31. The number of nitrogens with zero attached hydrogens (tertiary/aromatic N) is 1. The Bertz CT molecular complexity index is 574. The number of ether oxygens (including phenoxy) is 1. The van der Waals surface area contributed by atoms with Crippen LogP contribution in [-0.2, 0) is 10.0 Å². The van der Waals surface area contributed by atoms with Crippen LogP contribution in [0.1, 0.15) is 6.92 Å². The molecule has 0 spiro atoms. The fourth-order valence-electron chi connectivity index (χ4n) is 1.62. The number of benzene rings is 1. The Kier molecular flexibility index (Phi) is 6.45. The summed E-state index contributed by atoms with van der Waals surface area (Å²) in [4.78, 5) is 0.188. The maximum Gasteiger partial charge on any atom is 0.243 e. The predicted molar refractivity (Wildman–Crippen MR) is 84.5 cm³/mol. The van der Waals surface area contributed by atoms with Gasteiger partial charge in [0.25, 0.3) is 0 Å². The zero-order valence-electron chi connectivity index (χ0n) is 11.4. The van der Waals surface area contributed by atoms with Crippen LogP contribution >= 0.6 is 15.9 Å². The Balaban J connectivity index is 3.22. The molecule has 1 aromatic carbocycles. The van der Waals surface area contributed by atoms with Crippen molar-refractivity contribution < 1.29 is 13.2 Å². The second-order valence-corrected chi connectivity index (χ2v) is 6.72. The van der Waals surface area contributed by atoms with Crippen LogP contribution in [0.3, 0.4) is 0 Å². The summed E-state index contributed by atoms with van der Waals surface area (Å²) in [6.45, 7) is 9.92. The van der Waals surface area contributed by atoms with E-state index in [1.54, 1.807) is 24.3 Å². The van der Waals surface area contributed by atoms with Gasteiger partial charge >= 0.3 is 0 Å². The summed E-state index contributed by atoms with van der Waals surface area (Å²) in [5.41, 5.74) is 0. The summed E-state index contributed by atoms with van der Waals surface area (Å²) in [5, 5.41) is 0. The molecule has 0 unspecified atom stereocenters. The molecular weight excluding hydrogens is 342 g/mol. The Morgan fingerprint density at radius 1 is 1.30 bits per heavy atom. The van der Waals surface area contributed by atoms with Crippen LogP contribution in [0.5, 0.6) is 5.75 Å². The number of hydrogen-bond acceptors (Lipinski definition) is 3. The van der Waals surface area contributed by atoms with Gasteiger partial charge in [-0.25, -0.2) is 8.42 Å². The molecule has 0 saturated heterocycles. The van der Waals surface area contributed by atoms with E-state index in [4.69, 9.17) is 4.74 Å². The van der Waals surface area contributed by atoms with E-state index in [-0.39, 0.29) is 18.0 Å². The quantitative estimate of drug-likeness (QED) is 0.669. The largest absolute Gasteiger partial charge is 0.493 e. The molecule has 4 nitrogen and oxygen atoms in total. The van der Waals surface area contributed by atoms with Crippen LogP contribution in [0.2, 0.25) is 0 Å². The highest BCUT2D eigenvalue weighted by Crippen LogP contribution is 2.29. The Morgan fingerprint density at radius 2 is 1.90 bits per heavy atom. The van der Waals surface area contributed by atoms with Crippen molar-refractivity contribution in [3.05, 3.63) is 48.0 Å². The van der Waals surface area contributed by atoms with Gasteiger partial charge in [-0.1, -0.05) is 12.2 Å². The molecule has 1 rings (SSSR count). The first-order valence-electron chi connectivity index (χ1n) is 6.11. The Hall–Kier alpha value is -1.11. The predicted octanol–water partition coefficient (Wildman–Crippen LogP) is 3.21. The number of rotatable bonds is 8. The van der Waals surface area contributed by atoms with Gasteiger partial charge in [0.2, 0.25) is 10.0 Å². The van der Waals surface area contributed by atoms with Gasteiger partial charge in [-0.15, -0.1) is 13.2 Å². The smallest absolute Gasteiger partial charge is 0.243 e. The second kappa shape index (κ2) is 7.61. The molecule has 0 fully saturated rings. The zero-order chi connectivity index (χ0) is 15.2. The molecule has 0 aliphatic heterocycles. The van der Waals surface area contributed by atoms with Crippen LogP contribution in [0.4, 0.5) is 0 Å². The molecule has 0 aliphatic rings. The van der Waals surface area contributed by atoms with Crippen molar-refractivity contribution in [3.63, 3.8) is 0 Å². The summed E-state index contributed by atoms with van der Waals surface area (Å²) >= 11 is 3.33. The molecule has 0 bridgehead atoms. The van der Waals surface area contributed by atoms with Crippen molar-refractivity contribution in [1.82, 2.24) is 4.31 Å². The first-order chi connectivity index (χ1) is 9.47. The van der Waals surface area contributed by atoms with Crippen LogP contribution < -0.4 is 4.74 Å². The molecule has 0 N–H and O–H groups in total. The molecule has 0 saturated carbocycles. The van der Waals surface area contributed by atoms with Crippen molar-refractivity contribution in [1.29, 1.82) is 0 Å². The van der Waals surface area contributed by atoms with Crippen molar-refractivity contribution >= 4 is 26.0 Å². The van der Waals surface area contributed by atoms with Gasteiger partial charge in [-0.2, -0.15) is 4.31 Å². The Morgan fingerprint density at radius 3 is 2.40 bits per heavy atom. The summed E-state index contributed by atoms with van der Waals surface area (Å²) in [6.07, 6.45) is 3.09. The molecule has 0 amide bonds. The van der Waals surface area contributed by atoms with Crippen LogP contribution in [-0.4, -0.2) is 32.4 Å². The molecule has 0 aliphatic carbocycles. The second-order valence-electron chi connectivity index (χ2n) is 3.92. The minimum absolute atomic E-state index is 0.188. The maximum atomic E-state index is 12.5. The molecule has 0 radical (unpaired) electrons. The fourth-order valence-corrected chi connectivity index (χ4v) is 3.38. The summed E-state index contributed by atoms with van der Waals surface area (Å²) in [6, 6.07) is 4.72. The average molecular weight is 360 g/mol. The molecule has 0 heterocycles. The summed E-state index contributed by atoms with van der Waals surface area (Å²) in [7, 11) is -3.59. The van der Waals surface area contributed by atoms with E-state index in [0.29, 0.717) is 12.4 Å². The highest BCUT2D eigenvalue weighted by Gasteiger charge is 2.23. The monoisotopic (exact) mass is 359 g/mol. The van der Waals surface area contributed by atoms with Gasteiger partial charge in [-0.3, -0.25) is 0 Å². The Labute approximate surface area is 128 Å². The molecule has 6 heteroatoms. The van der Waals surface area contributed by atoms with Crippen LogP contribution in [0, 0.1) is 0 Å². The zero-order valence-corrected chi connectivity index (χ0v) is 13.8. The third-order valence-corrected chi connectivity index (χ3v) is 4.99. The first-order valence-corrected chi connectivity index (χ1v) is 8.35. The summed E-state index contributed by atoms with van der Waals surface area (Å²) < 4.78 is 32.5. The van der Waals surface area contributed by atoms with E-state index in [1.165, 1.54) is 10.4 Å². The highest BCUT2D eigenvalue weighted by atomic mass is 79.9. The van der Waals surface area contributed by atoms with E-state index in [2.05, 4.69) is 29.1 Å². The van der Waals surface area contributed by atoms with Gasteiger partial charge in [0.15, 0.2) is 0 Å². The lowest BCUT2D eigenvalue weighted by atomic mass is 10.3. The average Bonchev–Trinajstić information content (AvgIpc) is 2.41. The van der Waals surface area contributed by atoms with Gasteiger partial charge in [0, 0.05) is 19.2 Å². The van der Waals surface area contributed by atoms with Crippen molar-refractivity contribution in [2.75, 3.05) is 19.7 Å². The van der Waals surface area contributed by atoms with Gasteiger partial charge < -0.3 is 4.74 Å². The van der Waals surface area contributed by atoms with E-state index >= 15 is 0 Å². The van der Waals surface area contributed by atoms with Crippen molar-refractivity contribution in [2.24, 2.45) is 0 Å².